The molecule has 3 nitrogen and oxygen atoms in total. The summed E-state index contributed by atoms with van der Waals surface area (Å²) in [6.45, 7) is 5.09. The molecule has 0 aliphatic carbocycles. The first-order chi connectivity index (χ1) is 10.0. The van der Waals surface area contributed by atoms with Crippen LogP contribution in [-0.2, 0) is 0 Å². The third-order valence-electron chi connectivity index (χ3n) is 4.22. The standard InChI is InChI=1S/C17H27NO2S/c1-13(2)16(14-4-6-15(20-3)7-5-14)18-12-17(19)8-10-21-11-9-17/h4-7,13,16,18-19H,8-12H2,1-3H3. The lowest BCUT2D eigenvalue weighted by Gasteiger charge is -2.34. The molecule has 1 aromatic rings. The summed E-state index contributed by atoms with van der Waals surface area (Å²) < 4.78 is 5.22. The SMILES string of the molecule is COc1ccc(C(NCC2(O)CCSCC2)C(C)C)cc1. The molecule has 2 N–H and O–H groups in total. The number of benzene rings is 1. The fourth-order valence-corrected chi connectivity index (χ4v) is 4.03. The lowest BCUT2D eigenvalue weighted by atomic mass is 9.92. The van der Waals surface area contributed by atoms with E-state index in [-0.39, 0.29) is 6.04 Å². The second kappa shape index (κ2) is 7.52. The van der Waals surface area contributed by atoms with Crippen molar-refractivity contribution in [2.24, 2.45) is 5.92 Å². The monoisotopic (exact) mass is 309 g/mol. The summed E-state index contributed by atoms with van der Waals surface area (Å²) >= 11 is 1.94. The number of methoxy groups -OCH3 is 1. The summed E-state index contributed by atoms with van der Waals surface area (Å²) in [5.41, 5.74) is 0.713. The largest absolute Gasteiger partial charge is 0.497 e. The number of aliphatic hydroxyl groups is 1. The molecule has 4 heteroatoms. The molecule has 0 radical (unpaired) electrons. The minimum absolute atomic E-state index is 0.259. The number of hydrogen-bond acceptors (Lipinski definition) is 4. The highest BCUT2D eigenvalue weighted by molar-refractivity contribution is 7.99. The van der Waals surface area contributed by atoms with Gasteiger partial charge in [-0.15, -0.1) is 0 Å². The van der Waals surface area contributed by atoms with Crippen LogP contribution in [0.3, 0.4) is 0 Å². The Morgan fingerprint density at radius 2 is 1.86 bits per heavy atom. The Morgan fingerprint density at radius 3 is 2.38 bits per heavy atom. The van der Waals surface area contributed by atoms with Crippen molar-refractivity contribution in [3.63, 3.8) is 0 Å². The second-order valence-corrected chi connectivity index (χ2v) is 7.44. The fourth-order valence-electron chi connectivity index (χ4n) is 2.78. The molecule has 0 amide bonds. The predicted molar refractivity (Wildman–Crippen MR) is 90.1 cm³/mol. The average Bonchev–Trinajstić information content (AvgIpc) is 2.48. The highest BCUT2D eigenvalue weighted by Gasteiger charge is 2.30. The van der Waals surface area contributed by atoms with E-state index in [0.717, 1.165) is 30.1 Å². The van der Waals surface area contributed by atoms with Crippen molar-refractivity contribution >= 4 is 11.8 Å². The van der Waals surface area contributed by atoms with Crippen molar-refractivity contribution < 1.29 is 9.84 Å². The van der Waals surface area contributed by atoms with E-state index in [9.17, 15) is 5.11 Å². The third kappa shape index (κ3) is 4.63. The van der Waals surface area contributed by atoms with Crippen molar-refractivity contribution in [2.45, 2.75) is 38.3 Å². The number of nitrogens with one attached hydrogen (secondary N) is 1. The van der Waals surface area contributed by atoms with Gasteiger partial charge in [0, 0.05) is 12.6 Å². The molecule has 1 atom stereocenters. The van der Waals surface area contributed by atoms with Gasteiger partial charge < -0.3 is 15.2 Å². The van der Waals surface area contributed by atoms with Gasteiger partial charge in [-0.3, -0.25) is 0 Å². The zero-order valence-corrected chi connectivity index (χ0v) is 14.1. The summed E-state index contributed by atoms with van der Waals surface area (Å²) in [6, 6.07) is 8.47. The zero-order chi connectivity index (χ0) is 15.3. The topological polar surface area (TPSA) is 41.5 Å². The van der Waals surface area contributed by atoms with E-state index in [1.807, 2.05) is 23.9 Å². The van der Waals surface area contributed by atoms with Crippen molar-refractivity contribution in [2.75, 3.05) is 25.2 Å². The lowest BCUT2D eigenvalue weighted by molar-refractivity contribution is 0.0280. The van der Waals surface area contributed by atoms with Gasteiger partial charge in [0.25, 0.3) is 0 Å². The van der Waals surface area contributed by atoms with Crippen LogP contribution in [0.15, 0.2) is 24.3 Å². The van der Waals surface area contributed by atoms with Crippen LogP contribution in [0.5, 0.6) is 5.75 Å². The Morgan fingerprint density at radius 1 is 1.24 bits per heavy atom. The van der Waals surface area contributed by atoms with Crippen LogP contribution in [-0.4, -0.2) is 35.9 Å². The Labute approximate surface area is 132 Å². The molecule has 0 aromatic heterocycles. The van der Waals surface area contributed by atoms with E-state index < -0.39 is 5.60 Å². The van der Waals surface area contributed by atoms with Gasteiger partial charge in [-0.1, -0.05) is 26.0 Å². The minimum Gasteiger partial charge on any atom is -0.497 e. The maximum absolute atomic E-state index is 10.6. The Bertz CT molecular complexity index is 427. The van der Waals surface area contributed by atoms with E-state index in [0.29, 0.717) is 12.5 Å². The third-order valence-corrected chi connectivity index (χ3v) is 5.20. The van der Waals surface area contributed by atoms with E-state index >= 15 is 0 Å². The smallest absolute Gasteiger partial charge is 0.118 e. The van der Waals surface area contributed by atoms with E-state index in [2.05, 4.69) is 31.3 Å². The summed E-state index contributed by atoms with van der Waals surface area (Å²) in [5, 5.41) is 14.2. The Kier molecular flexibility index (Phi) is 5.97. The number of hydrogen-bond donors (Lipinski definition) is 2. The molecular weight excluding hydrogens is 282 g/mol. The van der Waals surface area contributed by atoms with Gasteiger partial charge in [-0.25, -0.2) is 0 Å². The number of rotatable bonds is 6. The van der Waals surface area contributed by atoms with Gasteiger partial charge in [0.2, 0.25) is 0 Å². The van der Waals surface area contributed by atoms with Gasteiger partial charge in [-0.2, -0.15) is 11.8 Å². The first-order valence-corrected chi connectivity index (χ1v) is 8.87. The van der Waals surface area contributed by atoms with Crippen molar-refractivity contribution in [3.8, 4) is 5.75 Å². The van der Waals surface area contributed by atoms with Gasteiger partial charge >= 0.3 is 0 Å². The van der Waals surface area contributed by atoms with Crippen LogP contribution in [0.4, 0.5) is 0 Å². The average molecular weight is 309 g/mol. The zero-order valence-electron chi connectivity index (χ0n) is 13.3. The maximum atomic E-state index is 10.6. The highest BCUT2D eigenvalue weighted by Crippen LogP contribution is 2.29. The minimum atomic E-state index is -0.537. The molecule has 1 aromatic carbocycles. The quantitative estimate of drug-likeness (QED) is 0.846. The van der Waals surface area contributed by atoms with E-state index in [1.165, 1.54) is 5.56 Å². The van der Waals surface area contributed by atoms with Crippen molar-refractivity contribution in [3.05, 3.63) is 29.8 Å². The molecule has 21 heavy (non-hydrogen) atoms. The highest BCUT2D eigenvalue weighted by atomic mass is 32.2. The maximum Gasteiger partial charge on any atom is 0.118 e. The van der Waals surface area contributed by atoms with Crippen LogP contribution in [0.1, 0.15) is 38.3 Å². The molecule has 1 aliphatic rings. The van der Waals surface area contributed by atoms with Gasteiger partial charge in [0.05, 0.1) is 12.7 Å². The van der Waals surface area contributed by atoms with Crippen molar-refractivity contribution in [1.29, 1.82) is 0 Å². The van der Waals surface area contributed by atoms with Gasteiger partial charge in [0.1, 0.15) is 5.75 Å². The predicted octanol–water partition coefficient (Wildman–Crippen LogP) is 3.24. The van der Waals surface area contributed by atoms with Gasteiger partial charge in [-0.05, 0) is 48.0 Å². The summed E-state index contributed by atoms with van der Waals surface area (Å²) in [7, 11) is 1.68. The summed E-state index contributed by atoms with van der Waals surface area (Å²) in [6.07, 6.45) is 1.77. The van der Waals surface area contributed by atoms with E-state index in [1.54, 1.807) is 7.11 Å². The molecule has 1 heterocycles. The molecule has 1 aliphatic heterocycles. The Balaban J connectivity index is 2.01. The molecule has 118 valence electrons. The van der Waals surface area contributed by atoms with E-state index in [4.69, 9.17) is 4.74 Å². The molecule has 0 saturated carbocycles. The van der Waals surface area contributed by atoms with Crippen LogP contribution in [0.2, 0.25) is 0 Å². The fraction of sp³-hybridized carbons (Fsp3) is 0.647. The second-order valence-electron chi connectivity index (χ2n) is 6.21. The molecule has 1 unspecified atom stereocenters. The van der Waals surface area contributed by atoms with Crippen molar-refractivity contribution in [1.82, 2.24) is 5.32 Å². The van der Waals surface area contributed by atoms with Gasteiger partial charge in [0.15, 0.2) is 0 Å². The molecule has 0 spiro atoms. The molecule has 1 fully saturated rings. The van der Waals surface area contributed by atoms with Crippen LogP contribution < -0.4 is 10.1 Å². The number of ether oxygens (including phenoxy) is 1. The van der Waals surface area contributed by atoms with Crippen LogP contribution in [0, 0.1) is 5.92 Å². The molecule has 1 saturated heterocycles. The number of thioether (sulfide) groups is 1. The van der Waals surface area contributed by atoms with Crippen LogP contribution >= 0.6 is 11.8 Å². The normalized spacial score (nSPS) is 19.5. The lowest BCUT2D eigenvalue weighted by Crippen LogP contribution is -2.45. The first-order valence-electron chi connectivity index (χ1n) is 7.71. The molecular formula is C17H27NO2S. The first kappa shape index (κ1) is 16.7. The summed E-state index contributed by atoms with van der Waals surface area (Å²) in [4.78, 5) is 0. The summed E-state index contributed by atoms with van der Waals surface area (Å²) in [5.74, 6) is 3.48. The Hall–Kier alpha value is -0.710. The molecule has 2 rings (SSSR count). The molecule has 0 bridgehead atoms. The van der Waals surface area contributed by atoms with Crippen LogP contribution in [0.25, 0.3) is 0 Å².